The van der Waals surface area contributed by atoms with Gasteiger partial charge in [-0.25, -0.2) is 8.42 Å². The zero-order valence-electron chi connectivity index (χ0n) is 13.2. The summed E-state index contributed by atoms with van der Waals surface area (Å²) in [6, 6.07) is -0.267. The second-order valence-electron chi connectivity index (χ2n) is 5.71. The summed E-state index contributed by atoms with van der Waals surface area (Å²) in [6.07, 6.45) is 2.92. The highest BCUT2D eigenvalue weighted by atomic mass is 35.5. The topological polar surface area (TPSA) is 80.5 Å². The Morgan fingerprint density at radius 1 is 1.33 bits per heavy atom. The van der Waals surface area contributed by atoms with Crippen LogP contribution in [0.5, 0.6) is 0 Å². The van der Waals surface area contributed by atoms with E-state index in [1.54, 1.807) is 11.8 Å². The molecule has 126 valence electrons. The Labute approximate surface area is 135 Å². The van der Waals surface area contributed by atoms with E-state index >= 15 is 0 Å². The molecular formula is C14H29ClN2O3S. The monoisotopic (exact) mass is 340 g/mol. The number of carbonyl (C=O) groups is 1. The van der Waals surface area contributed by atoms with Gasteiger partial charge < -0.3 is 10.6 Å². The Bertz CT molecular complexity index is 428. The van der Waals surface area contributed by atoms with Crippen molar-refractivity contribution in [1.82, 2.24) is 4.90 Å². The summed E-state index contributed by atoms with van der Waals surface area (Å²) in [4.78, 5) is 14.4. The highest BCUT2D eigenvalue weighted by Gasteiger charge is 2.36. The van der Waals surface area contributed by atoms with Gasteiger partial charge in [0.2, 0.25) is 5.91 Å². The molecule has 0 heterocycles. The average molecular weight is 341 g/mol. The zero-order chi connectivity index (χ0) is 15.3. The second kappa shape index (κ2) is 8.96. The molecule has 1 aliphatic rings. The summed E-state index contributed by atoms with van der Waals surface area (Å²) in [5, 5.41) is 0. The minimum Gasteiger partial charge on any atom is -0.339 e. The van der Waals surface area contributed by atoms with Crippen molar-refractivity contribution in [3.63, 3.8) is 0 Å². The number of amides is 1. The van der Waals surface area contributed by atoms with Gasteiger partial charge in [0, 0.05) is 24.3 Å². The van der Waals surface area contributed by atoms with E-state index in [0.717, 1.165) is 19.3 Å². The first-order valence-electron chi connectivity index (χ1n) is 7.57. The third-order valence-corrected chi connectivity index (χ3v) is 6.24. The Morgan fingerprint density at radius 2 is 1.95 bits per heavy atom. The van der Waals surface area contributed by atoms with E-state index < -0.39 is 9.84 Å². The van der Waals surface area contributed by atoms with E-state index in [1.807, 2.05) is 13.8 Å². The molecule has 3 atom stereocenters. The van der Waals surface area contributed by atoms with Crippen molar-refractivity contribution < 1.29 is 13.2 Å². The van der Waals surface area contributed by atoms with Crippen molar-refractivity contribution >= 4 is 28.2 Å². The molecule has 2 N–H and O–H groups in total. The molecule has 0 aromatic carbocycles. The fourth-order valence-corrected chi connectivity index (χ4v) is 4.27. The third kappa shape index (κ3) is 5.42. The van der Waals surface area contributed by atoms with Gasteiger partial charge in [-0.3, -0.25) is 4.79 Å². The van der Waals surface area contributed by atoms with Crippen LogP contribution in [0.15, 0.2) is 0 Å². The van der Waals surface area contributed by atoms with Crippen LogP contribution in [0.2, 0.25) is 0 Å². The Hall–Kier alpha value is -0.330. The van der Waals surface area contributed by atoms with Crippen molar-refractivity contribution in [2.24, 2.45) is 17.6 Å². The maximum absolute atomic E-state index is 12.6. The number of sulfone groups is 1. The van der Waals surface area contributed by atoms with Crippen LogP contribution in [0.3, 0.4) is 0 Å². The maximum Gasteiger partial charge on any atom is 0.226 e. The number of nitrogens with two attached hydrogens (primary N) is 1. The highest BCUT2D eigenvalue weighted by molar-refractivity contribution is 7.91. The second-order valence-corrected chi connectivity index (χ2v) is 8.10. The van der Waals surface area contributed by atoms with E-state index in [-0.39, 0.29) is 47.7 Å². The van der Waals surface area contributed by atoms with Gasteiger partial charge in [-0.2, -0.15) is 0 Å². The van der Waals surface area contributed by atoms with Crippen LogP contribution in [0.4, 0.5) is 0 Å². The molecule has 1 rings (SSSR count). The molecule has 0 aliphatic heterocycles. The maximum atomic E-state index is 12.6. The minimum absolute atomic E-state index is 0. The van der Waals surface area contributed by atoms with Crippen LogP contribution in [-0.4, -0.2) is 49.9 Å². The minimum atomic E-state index is -3.07. The van der Waals surface area contributed by atoms with Crippen LogP contribution in [-0.2, 0) is 14.6 Å². The van der Waals surface area contributed by atoms with Gasteiger partial charge in [0.15, 0.2) is 9.84 Å². The number of nitrogens with zero attached hydrogens (tertiary/aromatic N) is 1. The summed E-state index contributed by atoms with van der Waals surface area (Å²) in [5.41, 5.74) is 5.74. The quantitative estimate of drug-likeness (QED) is 0.760. The van der Waals surface area contributed by atoms with Gasteiger partial charge in [0.05, 0.1) is 5.75 Å². The van der Waals surface area contributed by atoms with E-state index in [9.17, 15) is 13.2 Å². The molecule has 0 aromatic heterocycles. The summed E-state index contributed by atoms with van der Waals surface area (Å²) < 4.78 is 23.5. The lowest BCUT2D eigenvalue weighted by Crippen LogP contribution is -2.46. The summed E-state index contributed by atoms with van der Waals surface area (Å²) in [7, 11) is -3.07. The molecule has 7 heteroatoms. The molecule has 21 heavy (non-hydrogen) atoms. The van der Waals surface area contributed by atoms with E-state index in [2.05, 4.69) is 0 Å². The van der Waals surface area contributed by atoms with E-state index in [1.165, 1.54) is 0 Å². The summed E-state index contributed by atoms with van der Waals surface area (Å²) >= 11 is 0. The standard InChI is InChI=1S/C14H28N2O3S.ClH/c1-4-16(11(3)10-20(18,19)5-2)14(17)13-8-6-7-12(13)9-15;/h11-13H,4-10,15H2,1-3H3;1H/t11?,12-,13-;/m1./s1. The molecule has 0 radical (unpaired) electrons. The van der Waals surface area contributed by atoms with Crippen LogP contribution in [0.25, 0.3) is 0 Å². The van der Waals surface area contributed by atoms with Crippen LogP contribution in [0, 0.1) is 11.8 Å². The molecule has 0 saturated heterocycles. The fraction of sp³-hybridized carbons (Fsp3) is 0.929. The van der Waals surface area contributed by atoms with Gasteiger partial charge in [0.1, 0.15) is 0 Å². The zero-order valence-corrected chi connectivity index (χ0v) is 14.9. The highest BCUT2D eigenvalue weighted by Crippen LogP contribution is 2.32. The predicted molar refractivity (Wildman–Crippen MR) is 88.3 cm³/mol. The van der Waals surface area contributed by atoms with Crippen LogP contribution in [0.1, 0.15) is 40.0 Å². The predicted octanol–water partition coefficient (Wildman–Crippen LogP) is 1.45. The molecule has 1 amide bonds. The van der Waals surface area contributed by atoms with Crippen molar-refractivity contribution in [2.75, 3.05) is 24.6 Å². The molecular weight excluding hydrogens is 312 g/mol. The van der Waals surface area contributed by atoms with Gasteiger partial charge in [-0.05, 0) is 39.2 Å². The Kier molecular flexibility index (Phi) is 8.81. The number of halogens is 1. The first-order valence-corrected chi connectivity index (χ1v) is 9.39. The Balaban J connectivity index is 0.00000400. The average Bonchev–Trinajstić information content (AvgIpc) is 2.87. The first kappa shape index (κ1) is 20.7. The first-order chi connectivity index (χ1) is 9.36. The van der Waals surface area contributed by atoms with Crippen molar-refractivity contribution in [3.8, 4) is 0 Å². The molecule has 0 aromatic rings. The van der Waals surface area contributed by atoms with E-state index in [0.29, 0.717) is 13.1 Å². The van der Waals surface area contributed by atoms with Crippen molar-refractivity contribution in [1.29, 1.82) is 0 Å². The molecule has 1 aliphatic carbocycles. The lowest BCUT2D eigenvalue weighted by atomic mass is 9.94. The van der Waals surface area contributed by atoms with Gasteiger partial charge in [-0.15, -0.1) is 12.4 Å². The smallest absolute Gasteiger partial charge is 0.226 e. The molecule has 1 saturated carbocycles. The normalized spacial score (nSPS) is 23.4. The van der Waals surface area contributed by atoms with E-state index in [4.69, 9.17) is 5.73 Å². The van der Waals surface area contributed by atoms with Crippen LogP contribution < -0.4 is 5.73 Å². The molecule has 5 nitrogen and oxygen atoms in total. The van der Waals surface area contributed by atoms with Crippen molar-refractivity contribution in [2.45, 2.75) is 46.1 Å². The number of carbonyl (C=O) groups excluding carboxylic acids is 1. The molecule has 0 bridgehead atoms. The number of hydrogen-bond acceptors (Lipinski definition) is 4. The third-order valence-electron chi connectivity index (χ3n) is 4.37. The van der Waals surface area contributed by atoms with Crippen molar-refractivity contribution in [3.05, 3.63) is 0 Å². The largest absolute Gasteiger partial charge is 0.339 e. The lowest BCUT2D eigenvalue weighted by molar-refractivity contribution is -0.138. The number of hydrogen-bond donors (Lipinski definition) is 1. The van der Waals surface area contributed by atoms with Gasteiger partial charge in [-0.1, -0.05) is 13.3 Å². The molecule has 1 unspecified atom stereocenters. The fourth-order valence-electron chi connectivity index (χ4n) is 3.12. The van der Waals surface area contributed by atoms with Gasteiger partial charge >= 0.3 is 0 Å². The van der Waals surface area contributed by atoms with Crippen LogP contribution >= 0.6 is 12.4 Å². The number of rotatable bonds is 7. The molecule has 0 spiro atoms. The van der Waals surface area contributed by atoms with Gasteiger partial charge in [0.25, 0.3) is 0 Å². The molecule has 1 fully saturated rings. The Morgan fingerprint density at radius 3 is 2.43 bits per heavy atom. The summed E-state index contributed by atoms with van der Waals surface area (Å²) in [5.74, 6) is 0.485. The lowest BCUT2D eigenvalue weighted by Gasteiger charge is -2.32. The SMILES string of the molecule is CCN(C(=O)[C@@H]1CCC[C@@H]1CN)C(C)CS(=O)(=O)CC.Cl. The summed E-state index contributed by atoms with van der Waals surface area (Å²) in [6.45, 7) is 6.45.